The second-order valence-corrected chi connectivity index (χ2v) is 7.48. The highest BCUT2D eigenvalue weighted by molar-refractivity contribution is 14.0. The summed E-state index contributed by atoms with van der Waals surface area (Å²) < 4.78 is 0. The van der Waals surface area contributed by atoms with E-state index in [4.69, 9.17) is 11.6 Å². The SMILES string of the molecule is CCNC(=NCc1cccc(Cl)c1)NCC(C)CN1CCN(CC)CC1.I. The van der Waals surface area contributed by atoms with Crippen LogP contribution in [0.2, 0.25) is 5.02 Å². The van der Waals surface area contributed by atoms with E-state index in [1.807, 2.05) is 18.2 Å². The van der Waals surface area contributed by atoms with Crippen molar-refractivity contribution in [2.24, 2.45) is 10.9 Å². The number of hydrogen-bond acceptors (Lipinski definition) is 3. The van der Waals surface area contributed by atoms with Gasteiger partial charge in [-0.25, -0.2) is 4.99 Å². The lowest BCUT2D eigenvalue weighted by atomic mass is 10.1. The van der Waals surface area contributed by atoms with E-state index in [1.165, 1.54) is 32.7 Å². The van der Waals surface area contributed by atoms with Gasteiger partial charge in [-0.2, -0.15) is 0 Å². The minimum absolute atomic E-state index is 0. The normalized spacial score (nSPS) is 17.3. The maximum Gasteiger partial charge on any atom is 0.191 e. The van der Waals surface area contributed by atoms with Crippen LogP contribution in [0.1, 0.15) is 26.3 Å². The molecule has 0 aromatic heterocycles. The molecule has 1 aliphatic heterocycles. The molecule has 5 nitrogen and oxygen atoms in total. The minimum atomic E-state index is 0. The summed E-state index contributed by atoms with van der Waals surface area (Å²) in [4.78, 5) is 9.78. The second-order valence-electron chi connectivity index (χ2n) is 7.05. The summed E-state index contributed by atoms with van der Waals surface area (Å²) in [6.45, 7) is 16.1. The number of nitrogens with zero attached hydrogens (tertiary/aromatic N) is 3. The smallest absolute Gasteiger partial charge is 0.191 e. The molecule has 1 unspecified atom stereocenters. The highest BCUT2D eigenvalue weighted by Crippen LogP contribution is 2.11. The molecular formula is C20H35ClIN5. The van der Waals surface area contributed by atoms with Gasteiger partial charge in [0.05, 0.1) is 6.54 Å². The zero-order valence-electron chi connectivity index (χ0n) is 16.9. The van der Waals surface area contributed by atoms with Crippen molar-refractivity contribution in [1.29, 1.82) is 0 Å². The van der Waals surface area contributed by atoms with Gasteiger partial charge in [0.15, 0.2) is 5.96 Å². The van der Waals surface area contributed by atoms with E-state index in [-0.39, 0.29) is 24.0 Å². The molecule has 27 heavy (non-hydrogen) atoms. The number of piperazine rings is 1. The summed E-state index contributed by atoms with van der Waals surface area (Å²) in [5, 5.41) is 7.57. The van der Waals surface area contributed by atoms with E-state index in [0.717, 1.165) is 36.2 Å². The molecule has 1 fully saturated rings. The van der Waals surface area contributed by atoms with Gasteiger partial charge in [-0.15, -0.1) is 24.0 Å². The third-order valence-corrected chi connectivity index (χ3v) is 4.99. The van der Waals surface area contributed by atoms with Crippen LogP contribution in [0.15, 0.2) is 29.3 Å². The number of aliphatic imine (C=N–C) groups is 1. The maximum absolute atomic E-state index is 6.05. The van der Waals surface area contributed by atoms with Gasteiger partial charge >= 0.3 is 0 Å². The largest absolute Gasteiger partial charge is 0.357 e. The van der Waals surface area contributed by atoms with Gasteiger partial charge in [0, 0.05) is 50.8 Å². The zero-order chi connectivity index (χ0) is 18.8. The third-order valence-electron chi connectivity index (χ3n) is 4.75. The van der Waals surface area contributed by atoms with Crippen LogP contribution < -0.4 is 10.6 Å². The molecule has 1 aliphatic rings. The lowest BCUT2D eigenvalue weighted by Gasteiger charge is -2.35. The van der Waals surface area contributed by atoms with Crippen molar-refractivity contribution < 1.29 is 0 Å². The maximum atomic E-state index is 6.05. The van der Waals surface area contributed by atoms with Gasteiger partial charge in [-0.05, 0) is 37.1 Å². The van der Waals surface area contributed by atoms with Crippen molar-refractivity contribution in [3.63, 3.8) is 0 Å². The first-order valence-electron chi connectivity index (χ1n) is 9.82. The summed E-state index contributed by atoms with van der Waals surface area (Å²) in [5.41, 5.74) is 1.12. The van der Waals surface area contributed by atoms with Crippen molar-refractivity contribution in [3.05, 3.63) is 34.9 Å². The molecule has 7 heteroatoms. The number of hydrogen-bond donors (Lipinski definition) is 2. The first-order valence-corrected chi connectivity index (χ1v) is 10.2. The molecule has 1 aromatic carbocycles. The van der Waals surface area contributed by atoms with E-state index in [9.17, 15) is 0 Å². The minimum Gasteiger partial charge on any atom is -0.357 e. The Morgan fingerprint density at radius 2 is 1.85 bits per heavy atom. The number of likely N-dealkylation sites (N-methyl/N-ethyl adjacent to an activating group) is 1. The molecule has 0 spiro atoms. The van der Waals surface area contributed by atoms with E-state index in [1.54, 1.807) is 0 Å². The molecule has 0 amide bonds. The van der Waals surface area contributed by atoms with Crippen molar-refractivity contribution in [1.82, 2.24) is 20.4 Å². The summed E-state index contributed by atoms with van der Waals surface area (Å²) in [5.74, 6) is 1.45. The van der Waals surface area contributed by atoms with Crippen LogP contribution in [0.4, 0.5) is 0 Å². The average Bonchev–Trinajstić information content (AvgIpc) is 2.65. The molecule has 0 bridgehead atoms. The fourth-order valence-electron chi connectivity index (χ4n) is 3.21. The topological polar surface area (TPSA) is 42.9 Å². The monoisotopic (exact) mass is 507 g/mol. The van der Waals surface area contributed by atoms with Crippen molar-refractivity contribution in [2.75, 3.05) is 52.4 Å². The number of rotatable bonds is 8. The molecule has 0 saturated carbocycles. The predicted octanol–water partition coefficient (Wildman–Crippen LogP) is 3.29. The van der Waals surface area contributed by atoms with Crippen LogP contribution in [-0.4, -0.2) is 68.1 Å². The Kier molecular flexibility index (Phi) is 12.3. The van der Waals surface area contributed by atoms with E-state index in [2.05, 4.69) is 52.3 Å². The Morgan fingerprint density at radius 1 is 1.15 bits per heavy atom. The van der Waals surface area contributed by atoms with Gasteiger partial charge in [-0.1, -0.05) is 37.6 Å². The summed E-state index contributed by atoms with van der Waals surface area (Å²) in [7, 11) is 0. The number of guanidine groups is 1. The van der Waals surface area contributed by atoms with Crippen LogP contribution in [0.5, 0.6) is 0 Å². The van der Waals surface area contributed by atoms with E-state index >= 15 is 0 Å². The first kappa shape index (κ1) is 24.5. The highest BCUT2D eigenvalue weighted by atomic mass is 127. The Hall–Kier alpha value is -0.570. The number of nitrogens with one attached hydrogen (secondary N) is 2. The summed E-state index contributed by atoms with van der Waals surface area (Å²) >= 11 is 6.05. The standard InChI is InChI=1S/C20H34ClN5.HI/c1-4-22-20(24-15-18-7-6-8-19(21)13-18)23-14-17(3)16-26-11-9-25(5-2)10-12-26;/h6-8,13,17H,4-5,9-12,14-16H2,1-3H3,(H2,22,23,24);1H. The molecule has 1 heterocycles. The highest BCUT2D eigenvalue weighted by Gasteiger charge is 2.17. The van der Waals surface area contributed by atoms with Gasteiger partial charge in [-0.3, -0.25) is 0 Å². The van der Waals surface area contributed by atoms with E-state index < -0.39 is 0 Å². The van der Waals surface area contributed by atoms with Crippen LogP contribution >= 0.6 is 35.6 Å². The Bertz CT molecular complexity index is 561. The third kappa shape index (κ3) is 9.45. The molecule has 2 rings (SSSR count). The van der Waals surface area contributed by atoms with Gasteiger partial charge in [0.2, 0.25) is 0 Å². The van der Waals surface area contributed by atoms with Crippen molar-refractivity contribution in [2.45, 2.75) is 27.3 Å². The van der Waals surface area contributed by atoms with Crippen LogP contribution in [-0.2, 0) is 6.54 Å². The quantitative estimate of drug-likeness (QED) is 0.322. The number of benzene rings is 1. The van der Waals surface area contributed by atoms with E-state index in [0.29, 0.717) is 12.5 Å². The van der Waals surface area contributed by atoms with Gasteiger partial charge in [0.25, 0.3) is 0 Å². The van der Waals surface area contributed by atoms with Crippen LogP contribution in [0.3, 0.4) is 0 Å². The fraction of sp³-hybridized carbons (Fsp3) is 0.650. The molecule has 0 aliphatic carbocycles. The fourth-order valence-corrected chi connectivity index (χ4v) is 3.42. The summed E-state index contributed by atoms with van der Waals surface area (Å²) in [6, 6.07) is 7.87. The second kappa shape index (κ2) is 13.6. The summed E-state index contributed by atoms with van der Waals surface area (Å²) in [6.07, 6.45) is 0. The Balaban J connectivity index is 0.00000364. The van der Waals surface area contributed by atoms with Gasteiger partial charge < -0.3 is 20.4 Å². The molecule has 1 atom stereocenters. The Labute approximate surface area is 186 Å². The van der Waals surface area contributed by atoms with Crippen molar-refractivity contribution in [3.8, 4) is 0 Å². The number of halogens is 2. The molecule has 1 aromatic rings. The first-order chi connectivity index (χ1) is 12.6. The van der Waals surface area contributed by atoms with Crippen LogP contribution in [0.25, 0.3) is 0 Å². The van der Waals surface area contributed by atoms with Crippen LogP contribution in [0, 0.1) is 5.92 Å². The zero-order valence-corrected chi connectivity index (χ0v) is 20.0. The predicted molar refractivity (Wildman–Crippen MR) is 127 cm³/mol. The Morgan fingerprint density at radius 3 is 2.48 bits per heavy atom. The van der Waals surface area contributed by atoms with Crippen molar-refractivity contribution >= 4 is 41.5 Å². The molecule has 154 valence electrons. The lowest BCUT2D eigenvalue weighted by molar-refractivity contribution is 0.124. The lowest BCUT2D eigenvalue weighted by Crippen LogP contribution is -2.48. The molecule has 0 radical (unpaired) electrons. The average molecular weight is 508 g/mol. The molecule has 2 N–H and O–H groups in total. The molecule has 1 saturated heterocycles. The molecular weight excluding hydrogens is 473 g/mol. The van der Waals surface area contributed by atoms with Gasteiger partial charge in [0.1, 0.15) is 0 Å².